The fourth-order valence-corrected chi connectivity index (χ4v) is 5.15. The third-order valence-corrected chi connectivity index (χ3v) is 5.87. The zero-order valence-corrected chi connectivity index (χ0v) is 15.5. The van der Waals surface area contributed by atoms with Gasteiger partial charge in [0.05, 0.1) is 6.04 Å². The standard InChI is InChI=1S/C13H12Br3NS/c1-7-5-11(16)13(18-7)12(17-2)9-4-3-8(14)6-10(9)15/h3-6,12,17H,1-2H3. The summed E-state index contributed by atoms with van der Waals surface area (Å²) in [5, 5.41) is 3.38. The Bertz CT molecular complexity index is 565. The van der Waals surface area contributed by atoms with Crippen LogP contribution in [0.1, 0.15) is 21.4 Å². The maximum Gasteiger partial charge on any atom is 0.0691 e. The number of hydrogen-bond acceptors (Lipinski definition) is 2. The maximum absolute atomic E-state index is 3.64. The normalized spacial score (nSPS) is 12.7. The van der Waals surface area contributed by atoms with Gasteiger partial charge in [0.1, 0.15) is 0 Å². The molecule has 0 amide bonds. The highest BCUT2D eigenvalue weighted by molar-refractivity contribution is 9.11. The molecule has 2 rings (SSSR count). The van der Waals surface area contributed by atoms with Gasteiger partial charge in [-0.15, -0.1) is 11.3 Å². The van der Waals surface area contributed by atoms with E-state index in [1.54, 1.807) is 0 Å². The van der Waals surface area contributed by atoms with Crippen LogP contribution in [0, 0.1) is 6.92 Å². The molecule has 1 aromatic heterocycles. The van der Waals surface area contributed by atoms with Crippen molar-refractivity contribution in [2.24, 2.45) is 0 Å². The molecule has 0 fully saturated rings. The molecule has 1 heterocycles. The maximum atomic E-state index is 3.64. The molecule has 1 aromatic carbocycles. The van der Waals surface area contributed by atoms with Gasteiger partial charge in [-0.3, -0.25) is 0 Å². The van der Waals surface area contributed by atoms with E-state index in [-0.39, 0.29) is 6.04 Å². The molecular weight excluding hydrogens is 442 g/mol. The summed E-state index contributed by atoms with van der Waals surface area (Å²) >= 11 is 12.6. The van der Waals surface area contributed by atoms with Gasteiger partial charge in [-0.2, -0.15) is 0 Å². The molecular formula is C13H12Br3NS. The SMILES string of the molecule is CNC(c1ccc(Br)cc1Br)c1sc(C)cc1Br. The van der Waals surface area contributed by atoms with Crippen molar-refractivity contribution in [2.45, 2.75) is 13.0 Å². The number of thiophene rings is 1. The molecule has 1 unspecified atom stereocenters. The Morgan fingerprint density at radius 1 is 1.11 bits per heavy atom. The number of halogens is 3. The average Bonchev–Trinajstić information content (AvgIpc) is 2.62. The van der Waals surface area contributed by atoms with E-state index in [1.807, 2.05) is 18.4 Å². The first kappa shape index (κ1) is 14.7. The van der Waals surface area contributed by atoms with Crippen molar-refractivity contribution in [2.75, 3.05) is 7.05 Å². The van der Waals surface area contributed by atoms with E-state index in [1.165, 1.54) is 19.8 Å². The van der Waals surface area contributed by atoms with Crippen LogP contribution in [0.15, 0.2) is 37.7 Å². The van der Waals surface area contributed by atoms with Crippen LogP contribution >= 0.6 is 59.1 Å². The molecule has 2 aromatic rings. The van der Waals surface area contributed by atoms with Gasteiger partial charge in [-0.25, -0.2) is 0 Å². The summed E-state index contributed by atoms with van der Waals surface area (Å²) in [5.41, 5.74) is 1.24. The largest absolute Gasteiger partial charge is 0.309 e. The van der Waals surface area contributed by atoms with E-state index >= 15 is 0 Å². The molecule has 18 heavy (non-hydrogen) atoms. The highest BCUT2D eigenvalue weighted by atomic mass is 79.9. The number of hydrogen-bond donors (Lipinski definition) is 1. The van der Waals surface area contributed by atoms with Crippen molar-refractivity contribution in [3.8, 4) is 0 Å². The second-order valence-corrected chi connectivity index (χ2v) is 7.87. The lowest BCUT2D eigenvalue weighted by molar-refractivity contribution is 0.698. The first-order valence-corrected chi connectivity index (χ1v) is 8.60. The molecule has 1 atom stereocenters. The van der Waals surface area contributed by atoms with Crippen molar-refractivity contribution in [3.63, 3.8) is 0 Å². The summed E-state index contributed by atoms with van der Waals surface area (Å²) in [6, 6.07) is 8.64. The van der Waals surface area contributed by atoms with Gasteiger partial charge in [-0.05, 0) is 53.7 Å². The third-order valence-electron chi connectivity index (χ3n) is 2.66. The number of nitrogens with one attached hydrogen (secondary N) is 1. The number of aryl methyl sites for hydroxylation is 1. The van der Waals surface area contributed by atoms with Gasteiger partial charge in [0.25, 0.3) is 0 Å². The van der Waals surface area contributed by atoms with Crippen LogP contribution in [0.5, 0.6) is 0 Å². The molecule has 0 saturated carbocycles. The minimum atomic E-state index is 0.195. The second-order valence-electron chi connectivity index (χ2n) is 3.96. The zero-order chi connectivity index (χ0) is 13.3. The molecule has 1 nitrogen and oxygen atoms in total. The molecule has 0 aliphatic rings. The van der Waals surface area contributed by atoms with E-state index in [0.29, 0.717) is 0 Å². The van der Waals surface area contributed by atoms with Crippen molar-refractivity contribution >= 4 is 59.1 Å². The van der Waals surface area contributed by atoms with Crippen LogP contribution in [0.25, 0.3) is 0 Å². The fourth-order valence-electron chi connectivity index (χ4n) is 1.86. The lowest BCUT2D eigenvalue weighted by Crippen LogP contribution is -2.17. The monoisotopic (exact) mass is 451 g/mol. The van der Waals surface area contributed by atoms with Gasteiger partial charge >= 0.3 is 0 Å². The van der Waals surface area contributed by atoms with E-state index in [4.69, 9.17) is 0 Å². The third kappa shape index (κ3) is 3.07. The Morgan fingerprint density at radius 3 is 2.33 bits per heavy atom. The lowest BCUT2D eigenvalue weighted by Gasteiger charge is -2.17. The van der Waals surface area contributed by atoms with Crippen molar-refractivity contribution < 1.29 is 0 Å². The highest BCUT2D eigenvalue weighted by Gasteiger charge is 2.19. The Morgan fingerprint density at radius 2 is 1.83 bits per heavy atom. The average molecular weight is 454 g/mol. The first-order chi connectivity index (χ1) is 8.52. The molecule has 96 valence electrons. The van der Waals surface area contributed by atoms with E-state index < -0.39 is 0 Å². The first-order valence-electron chi connectivity index (χ1n) is 5.41. The highest BCUT2D eigenvalue weighted by Crippen LogP contribution is 2.38. The lowest BCUT2D eigenvalue weighted by atomic mass is 10.1. The smallest absolute Gasteiger partial charge is 0.0691 e. The Kier molecular flexibility index (Phi) is 5.06. The summed E-state index contributed by atoms with van der Waals surface area (Å²) in [4.78, 5) is 2.61. The topological polar surface area (TPSA) is 12.0 Å². The minimum Gasteiger partial charge on any atom is -0.309 e. The van der Waals surface area contributed by atoms with E-state index in [0.717, 1.165) is 8.95 Å². The number of rotatable bonds is 3. The van der Waals surface area contributed by atoms with Crippen LogP contribution in [0.2, 0.25) is 0 Å². The summed E-state index contributed by atoms with van der Waals surface area (Å²) in [5.74, 6) is 0. The van der Waals surface area contributed by atoms with Crippen LogP contribution in [-0.4, -0.2) is 7.05 Å². The molecule has 0 spiro atoms. The number of benzene rings is 1. The van der Waals surface area contributed by atoms with Crippen LogP contribution in [0.3, 0.4) is 0 Å². The van der Waals surface area contributed by atoms with Crippen LogP contribution < -0.4 is 5.32 Å². The zero-order valence-electron chi connectivity index (χ0n) is 9.93. The van der Waals surface area contributed by atoms with Gasteiger partial charge in [0.15, 0.2) is 0 Å². The Labute approximate surface area is 136 Å². The predicted octanol–water partition coefficient (Wildman–Crippen LogP) is 5.65. The second kappa shape index (κ2) is 6.18. The molecule has 0 aliphatic carbocycles. The molecule has 0 bridgehead atoms. The van der Waals surface area contributed by atoms with Gasteiger partial charge in [0, 0.05) is 23.2 Å². The van der Waals surface area contributed by atoms with E-state index in [9.17, 15) is 0 Å². The van der Waals surface area contributed by atoms with Crippen molar-refractivity contribution in [1.82, 2.24) is 5.32 Å². The summed E-state index contributed by atoms with van der Waals surface area (Å²) in [6.07, 6.45) is 0. The molecule has 5 heteroatoms. The van der Waals surface area contributed by atoms with Gasteiger partial charge in [-0.1, -0.05) is 37.9 Å². The molecule has 0 aliphatic heterocycles. The van der Waals surface area contributed by atoms with Crippen molar-refractivity contribution in [3.05, 3.63) is 53.0 Å². The Balaban J connectivity index is 2.48. The summed E-state index contributed by atoms with van der Waals surface area (Å²) < 4.78 is 3.35. The van der Waals surface area contributed by atoms with E-state index in [2.05, 4.69) is 84.3 Å². The van der Waals surface area contributed by atoms with Crippen molar-refractivity contribution in [1.29, 1.82) is 0 Å². The molecule has 0 radical (unpaired) electrons. The van der Waals surface area contributed by atoms with Gasteiger partial charge in [0.2, 0.25) is 0 Å². The summed E-state index contributed by atoms with van der Waals surface area (Å²) in [7, 11) is 1.99. The quantitative estimate of drug-likeness (QED) is 0.633. The van der Waals surface area contributed by atoms with Gasteiger partial charge < -0.3 is 5.32 Å². The fraction of sp³-hybridized carbons (Fsp3) is 0.231. The minimum absolute atomic E-state index is 0.195. The molecule has 1 N–H and O–H groups in total. The summed E-state index contributed by atoms with van der Waals surface area (Å²) in [6.45, 7) is 2.13. The predicted molar refractivity (Wildman–Crippen MR) is 89.5 cm³/mol. The molecule has 0 saturated heterocycles. The van der Waals surface area contributed by atoms with Crippen LogP contribution in [0.4, 0.5) is 0 Å². The van der Waals surface area contributed by atoms with Crippen LogP contribution in [-0.2, 0) is 0 Å². The Hall–Kier alpha value is 0.320.